The number of nitriles is 1. The Morgan fingerprint density at radius 3 is 2.79 bits per heavy atom. The summed E-state index contributed by atoms with van der Waals surface area (Å²) in [5, 5.41) is 19.1. The number of nitrogens with zero attached hydrogens (tertiary/aromatic N) is 1. The molecule has 0 saturated carbocycles. The summed E-state index contributed by atoms with van der Waals surface area (Å²) in [7, 11) is 0. The number of hydrogen-bond acceptors (Lipinski definition) is 6. The molecule has 7 heteroatoms. The largest absolute Gasteiger partial charge is 0.352 e. The van der Waals surface area contributed by atoms with Crippen molar-refractivity contribution in [3.8, 4) is 6.07 Å². The van der Waals surface area contributed by atoms with E-state index in [0.717, 1.165) is 33.8 Å². The molecule has 2 heterocycles. The minimum Gasteiger partial charge on any atom is -0.352 e. The van der Waals surface area contributed by atoms with Crippen LogP contribution in [0.5, 0.6) is 0 Å². The number of thiophene rings is 1. The van der Waals surface area contributed by atoms with Crippen molar-refractivity contribution in [2.75, 3.05) is 11.1 Å². The maximum atomic E-state index is 13.2. The van der Waals surface area contributed by atoms with Gasteiger partial charge in [-0.1, -0.05) is 43.8 Å². The van der Waals surface area contributed by atoms with Crippen LogP contribution in [0.2, 0.25) is 0 Å². The zero-order valence-electron chi connectivity index (χ0n) is 19.2. The fourth-order valence-corrected chi connectivity index (χ4v) is 6.13. The second-order valence-electron chi connectivity index (χ2n) is 9.42. The van der Waals surface area contributed by atoms with Gasteiger partial charge in [0.05, 0.1) is 28.3 Å². The van der Waals surface area contributed by atoms with Gasteiger partial charge < -0.3 is 10.6 Å². The van der Waals surface area contributed by atoms with E-state index in [2.05, 4.69) is 30.6 Å². The summed E-state index contributed by atoms with van der Waals surface area (Å²) >= 11 is 2.87. The van der Waals surface area contributed by atoms with Gasteiger partial charge in [-0.15, -0.1) is 11.3 Å². The number of allylic oxidation sites excluding steroid dienone is 3. The van der Waals surface area contributed by atoms with E-state index in [9.17, 15) is 14.9 Å². The molecule has 1 aliphatic carbocycles. The molecule has 2 N–H and O–H groups in total. The molecule has 1 atom stereocenters. The van der Waals surface area contributed by atoms with E-state index >= 15 is 0 Å². The monoisotopic (exact) mass is 477 g/mol. The Labute approximate surface area is 203 Å². The van der Waals surface area contributed by atoms with Crippen molar-refractivity contribution in [1.82, 2.24) is 5.32 Å². The van der Waals surface area contributed by atoms with Gasteiger partial charge in [0, 0.05) is 28.3 Å². The molecule has 33 heavy (non-hydrogen) atoms. The van der Waals surface area contributed by atoms with Crippen molar-refractivity contribution in [3.63, 3.8) is 0 Å². The van der Waals surface area contributed by atoms with E-state index in [1.54, 1.807) is 11.3 Å². The number of carbonyl (C=O) groups is 2. The van der Waals surface area contributed by atoms with E-state index in [1.165, 1.54) is 11.8 Å². The SMILES string of the molecule is Cc1ccc(C)c(NC(=O)CSC2=C(C#N)[C@@H](c3cccs3)C3=C(CC(C)(C)CC3=O)N2)c1. The molecule has 0 unspecified atom stereocenters. The summed E-state index contributed by atoms with van der Waals surface area (Å²) in [5.74, 6) is -0.248. The standard InChI is InChI=1S/C26H27N3O2S2/c1-15-7-8-16(2)18(10-15)28-22(31)14-33-25-17(13-27)23(21-6-5-9-32-21)24-19(29-25)11-26(3,4)12-20(24)30/h5-10,23,29H,11-12,14H2,1-4H3,(H,28,31)/t23-/m0/s1. The predicted molar refractivity (Wildman–Crippen MR) is 135 cm³/mol. The molecule has 0 fully saturated rings. The average Bonchev–Trinajstić information content (AvgIpc) is 3.27. The lowest BCUT2D eigenvalue weighted by Crippen LogP contribution is -2.36. The van der Waals surface area contributed by atoms with Crippen LogP contribution in [-0.2, 0) is 9.59 Å². The van der Waals surface area contributed by atoms with Gasteiger partial charge in [0.15, 0.2) is 5.78 Å². The summed E-state index contributed by atoms with van der Waals surface area (Å²) < 4.78 is 0. The zero-order chi connectivity index (χ0) is 23.8. The number of Topliss-reactive ketones (excluding diaryl/α,β-unsaturated/α-hetero) is 1. The van der Waals surface area contributed by atoms with Gasteiger partial charge in [0.2, 0.25) is 5.91 Å². The number of anilines is 1. The van der Waals surface area contributed by atoms with Crippen LogP contribution < -0.4 is 10.6 Å². The zero-order valence-corrected chi connectivity index (χ0v) is 20.9. The number of amides is 1. The Hall–Kier alpha value is -2.82. The predicted octanol–water partition coefficient (Wildman–Crippen LogP) is 5.80. The van der Waals surface area contributed by atoms with Crippen molar-refractivity contribution < 1.29 is 9.59 Å². The van der Waals surface area contributed by atoms with Gasteiger partial charge in [0.1, 0.15) is 0 Å². The Bertz CT molecular complexity index is 1220. The molecular weight excluding hydrogens is 450 g/mol. The Balaban J connectivity index is 1.61. The highest BCUT2D eigenvalue weighted by Crippen LogP contribution is 2.48. The summed E-state index contributed by atoms with van der Waals surface area (Å²) in [4.78, 5) is 26.9. The molecule has 170 valence electrons. The number of hydrogen-bond donors (Lipinski definition) is 2. The summed E-state index contributed by atoms with van der Waals surface area (Å²) in [6.45, 7) is 8.13. The third-order valence-corrected chi connectivity index (χ3v) is 7.92. The van der Waals surface area contributed by atoms with E-state index in [4.69, 9.17) is 0 Å². The fourth-order valence-electron chi connectivity index (χ4n) is 4.42. The Morgan fingerprint density at radius 1 is 1.30 bits per heavy atom. The number of carbonyl (C=O) groups excluding carboxylic acids is 2. The third kappa shape index (κ3) is 4.92. The van der Waals surface area contributed by atoms with Crippen LogP contribution >= 0.6 is 23.1 Å². The molecule has 1 aromatic carbocycles. The van der Waals surface area contributed by atoms with Gasteiger partial charge in [-0.2, -0.15) is 5.26 Å². The van der Waals surface area contributed by atoms with Gasteiger partial charge in [-0.25, -0.2) is 0 Å². The minimum absolute atomic E-state index is 0.0941. The summed E-state index contributed by atoms with van der Waals surface area (Å²) in [6.07, 6.45) is 1.20. The highest BCUT2D eigenvalue weighted by Gasteiger charge is 2.42. The number of dihydropyridines is 1. The van der Waals surface area contributed by atoms with E-state index in [0.29, 0.717) is 22.6 Å². The summed E-state index contributed by atoms with van der Waals surface area (Å²) in [5.41, 5.74) is 4.82. The van der Waals surface area contributed by atoms with Crippen LogP contribution in [0.3, 0.4) is 0 Å². The molecule has 0 saturated heterocycles. The van der Waals surface area contributed by atoms with E-state index in [1.807, 2.05) is 49.6 Å². The molecule has 2 aromatic rings. The number of aryl methyl sites for hydroxylation is 2. The Kier molecular flexibility index (Phi) is 6.51. The second kappa shape index (κ2) is 9.20. The van der Waals surface area contributed by atoms with Crippen molar-refractivity contribution in [1.29, 1.82) is 5.26 Å². The van der Waals surface area contributed by atoms with Gasteiger partial charge in [-0.3, -0.25) is 9.59 Å². The second-order valence-corrected chi connectivity index (χ2v) is 11.4. The molecule has 1 aliphatic heterocycles. The van der Waals surface area contributed by atoms with Crippen molar-refractivity contribution in [2.45, 2.75) is 46.5 Å². The first-order valence-corrected chi connectivity index (χ1v) is 12.8. The van der Waals surface area contributed by atoms with Crippen LogP contribution in [0.4, 0.5) is 5.69 Å². The minimum atomic E-state index is -0.376. The molecule has 1 aromatic heterocycles. The average molecular weight is 478 g/mol. The molecule has 0 spiro atoms. The maximum absolute atomic E-state index is 13.2. The Morgan fingerprint density at radius 2 is 2.09 bits per heavy atom. The first-order chi connectivity index (χ1) is 15.7. The highest BCUT2D eigenvalue weighted by molar-refractivity contribution is 8.03. The van der Waals surface area contributed by atoms with Crippen molar-refractivity contribution >= 4 is 40.5 Å². The van der Waals surface area contributed by atoms with Crippen LogP contribution in [0, 0.1) is 30.6 Å². The van der Waals surface area contributed by atoms with E-state index in [-0.39, 0.29) is 28.8 Å². The first kappa shape index (κ1) is 23.3. The van der Waals surface area contributed by atoms with Crippen LogP contribution in [0.1, 0.15) is 48.6 Å². The number of thioether (sulfide) groups is 1. The third-order valence-electron chi connectivity index (χ3n) is 5.97. The van der Waals surface area contributed by atoms with Crippen molar-refractivity contribution in [3.05, 3.63) is 73.6 Å². The summed E-state index contributed by atoms with van der Waals surface area (Å²) in [6, 6.07) is 12.2. The topological polar surface area (TPSA) is 82.0 Å². The lowest BCUT2D eigenvalue weighted by Gasteiger charge is -2.38. The number of nitrogens with one attached hydrogen (secondary N) is 2. The molecule has 2 aliphatic rings. The first-order valence-electron chi connectivity index (χ1n) is 10.9. The normalized spacial score (nSPS) is 19.6. The maximum Gasteiger partial charge on any atom is 0.234 e. The van der Waals surface area contributed by atoms with Crippen LogP contribution in [0.15, 0.2) is 57.6 Å². The lowest BCUT2D eigenvalue weighted by atomic mass is 9.70. The quantitative estimate of drug-likeness (QED) is 0.569. The molecule has 0 bridgehead atoms. The molecule has 5 nitrogen and oxygen atoms in total. The van der Waals surface area contributed by atoms with Gasteiger partial charge in [0.25, 0.3) is 0 Å². The lowest BCUT2D eigenvalue weighted by molar-refractivity contribution is -0.118. The molecule has 0 radical (unpaired) electrons. The van der Waals surface area contributed by atoms with Gasteiger partial charge >= 0.3 is 0 Å². The molecule has 1 amide bonds. The molecular formula is C26H27N3O2S2. The fraction of sp³-hybridized carbons (Fsp3) is 0.346. The van der Waals surface area contributed by atoms with Crippen LogP contribution in [0.25, 0.3) is 0 Å². The number of ketones is 1. The number of benzene rings is 1. The van der Waals surface area contributed by atoms with Crippen LogP contribution in [-0.4, -0.2) is 17.4 Å². The smallest absolute Gasteiger partial charge is 0.234 e. The van der Waals surface area contributed by atoms with E-state index < -0.39 is 0 Å². The highest BCUT2D eigenvalue weighted by atomic mass is 32.2. The number of rotatable bonds is 5. The molecule has 4 rings (SSSR count). The van der Waals surface area contributed by atoms with Crippen molar-refractivity contribution in [2.24, 2.45) is 5.41 Å². The van der Waals surface area contributed by atoms with Gasteiger partial charge in [-0.05, 0) is 54.3 Å².